The molecule has 0 saturated heterocycles. The highest BCUT2D eigenvalue weighted by Crippen LogP contribution is 2.37. The van der Waals surface area contributed by atoms with Gasteiger partial charge >= 0.3 is 23.9 Å². The van der Waals surface area contributed by atoms with Gasteiger partial charge in [-0.15, -0.1) is 0 Å². The van der Waals surface area contributed by atoms with Gasteiger partial charge in [-0.1, -0.05) is 175 Å². The summed E-state index contributed by atoms with van der Waals surface area (Å²) in [7, 11) is 0. The van der Waals surface area contributed by atoms with E-state index in [1.54, 1.807) is 0 Å². The molecule has 0 N–H and O–H groups in total. The first kappa shape index (κ1) is 66.0. The third-order valence-electron chi connectivity index (χ3n) is 16.1. The van der Waals surface area contributed by atoms with E-state index >= 15 is 0 Å². The molecule has 2 atom stereocenters. The van der Waals surface area contributed by atoms with Gasteiger partial charge in [0, 0.05) is 0 Å². The average molecular weight is 1070 g/mol. The summed E-state index contributed by atoms with van der Waals surface area (Å²) in [5.41, 5.74) is 0.0402. The van der Waals surface area contributed by atoms with Crippen molar-refractivity contribution in [3.63, 3.8) is 0 Å². The zero-order chi connectivity index (χ0) is 59.0. The van der Waals surface area contributed by atoms with E-state index in [2.05, 4.69) is 61.5 Å². The molecule has 2 unspecified atom stereocenters. The van der Waals surface area contributed by atoms with E-state index in [0.717, 1.165) is 66.2 Å². The van der Waals surface area contributed by atoms with E-state index in [0.29, 0.717) is 0 Å². The Kier molecular flexibility index (Phi) is 23.3. The predicted octanol–water partition coefficient (Wildman–Crippen LogP) is 18.7. The molecule has 0 radical (unpaired) electrons. The van der Waals surface area contributed by atoms with Crippen LogP contribution in [0.4, 0.5) is 0 Å². The van der Waals surface area contributed by atoms with Crippen LogP contribution in [0.15, 0.2) is 146 Å². The van der Waals surface area contributed by atoms with Crippen LogP contribution in [-0.2, 0) is 60.5 Å². The lowest BCUT2D eigenvalue weighted by Gasteiger charge is -2.33. The second kappa shape index (κ2) is 27.5. The monoisotopic (exact) mass is 1060 g/mol. The number of carbonyl (C=O) groups is 4. The van der Waals surface area contributed by atoms with Gasteiger partial charge in [-0.3, -0.25) is 19.2 Å². The van der Waals surface area contributed by atoms with Crippen LogP contribution in [0.25, 0.3) is 21.5 Å². The summed E-state index contributed by atoms with van der Waals surface area (Å²) in [5.74, 6) is -0.553. The summed E-state index contributed by atoms with van der Waals surface area (Å²) in [5, 5.41) is 4.72. The summed E-state index contributed by atoms with van der Waals surface area (Å²) in [4.78, 5) is 49.1. The summed E-state index contributed by atoms with van der Waals surface area (Å²) in [6.45, 7) is 39.2. The molecule has 8 heteroatoms. The second-order valence-electron chi connectivity index (χ2n) is 24.6. The molecule has 0 aliphatic carbocycles. The van der Waals surface area contributed by atoms with Crippen molar-refractivity contribution < 1.29 is 38.1 Å². The van der Waals surface area contributed by atoms with Gasteiger partial charge in [-0.2, -0.15) is 0 Å². The Bertz CT molecular complexity index is 2870. The maximum Gasteiger partial charge on any atom is 0.312 e. The molecule has 0 aromatic heterocycles. The molecule has 6 aromatic rings. The smallest absolute Gasteiger partial charge is 0.312 e. The molecule has 0 bridgehead atoms. The van der Waals surface area contributed by atoms with Crippen molar-refractivity contribution in [2.45, 2.75) is 199 Å². The molecule has 0 aliphatic rings. The first-order valence-electron chi connectivity index (χ1n) is 28.3. The fourth-order valence-corrected chi connectivity index (χ4v) is 7.50. The standard InChI is InChI=1S/C20H26O2.C19H24O2.C16H24O2.C15H22O2/c1-6-19(3,4)18(21)22-20(5,7-2)17-13-12-15-10-8-9-11-16(15)14-17;1-6-18(2,3)17(20)21-19(4,5)16-12-11-14-9-7-8-10-15(14)13-16;1-6-15(3,4)14(17)18-16(5,7-2)13-11-9-8-10-12-13;1-6-14(2,3)13(16)17-15(4,5)12-10-8-7-9-11-12/h8-14H,6-7H2,1-5H3;7-13H,6H2,1-5H3;8-12H,6-7H2,1-5H3;7-11H,6H2,1-5H3. The molecule has 8 nitrogen and oxygen atoms in total. The Hall–Kier alpha value is -6.28. The summed E-state index contributed by atoms with van der Waals surface area (Å²) < 4.78 is 23.2. The number of hydrogen-bond acceptors (Lipinski definition) is 8. The topological polar surface area (TPSA) is 105 Å². The fraction of sp³-hybridized carbons (Fsp3) is 0.486. The Morgan fingerprint density at radius 1 is 0.282 bits per heavy atom. The van der Waals surface area contributed by atoms with Crippen LogP contribution in [0.3, 0.4) is 0 Å². The Morgan fingerprint density at radius 2 is 0.551 bits per heavy atom. The molecule has 0 aliphatic heterocycles. The molecular weight excluding hydrogens is 969 g/mol. The van der Waals surface area contributed by atoms with E-state index in [9.17, 15) is 19.2 Å². The van der Waals surface area contributed by atoms with Crippen LogP contribution in [0.1, 0.15) is 199 Å². The summed E-state index contributed by atoms with van der Waals surface area (Å²) in [6.07, 6.45) is 4.60. The largest absolute Gasteiger partial charge is 0.454 e. The molecule has 78 heavy (non-hydrogen) atoms. The molecule has 0 saturated carbocycles. The van der Waals surface area contributed by atoms with Crippen molar-refractivity contribution in [3.05, 3.63) is 168 Å². The van der Waals surface area contributed by atoms with E-state index in [4.69, 9.17) is 18.9 Å². The maximum atomic E-state index is 12.5. The van der Waals surface area contributed by atoms with Crippen molar-refractivity contribution in [1.29, 1.82) is 0 Å². The van der Waals surface area contributed by atoms with Crippen molar-refractivity contribution in [1.82, 2.24) is 0 Å². The highest BCUT2D eigenvalue weighted by atomic mass is 16.6. The van der Waals surface area contributed by atoms with Crippen molar-refractivity contribution in [2.24, 2.45) is 21.7 Å². The number of hydrogen-bond donors (Lipinski definition) is 0. The number of benzene rings is 6. The van der Waals surface area contributed by atoms with Crippen LogP contribution in [-0.4, -0.2) is 23.9 Å². The summed E-state index contributed by atoms with van der Waals surface area (Å²) in [6, 6.07) is 48.7. The predicted molar refractivity (Wildman–Crippen MR) is 323 cm³/mol. The van der Waals surface area contributed by atoms with Crippen LogP contribution in [0.5, 0.6) is 0 Å². The normalized spacial score (nSPS) is 13.6. The van der Waals surface area contributed by atoms with Gasteiger partial charge in [0.25, 0.3) is 0 Å². The first-order chi connectivity index (χ1) is 36.2. The number of fused-ring (bicyclic) bond motifs is 2. The van der Waals surface area contributed by atoms with Gasteiger partial charge in [0.15, 0.2) is 0 Å². The third kappa shape index (κ3) is 17.9. The van der Waals surface area contributed by atoms with E-state index in [1.807, 2.05) is 223 Å². The molecule has 0 fully saturated rings. The zero-order valence-corrected chi connectivity index (χ0v) is 51.4. The highest BCUT2D eigenvalue weighted by molar-refractivity contribution is 5.85. The van der Waals surface area contributed by atoms with Gasteiger partial charge in [-0.25, -0.2) is 0 Å². The minimum absolute atomic E-state index is 0.127. The number of carbonyl (C=O) groups excluding carboxylic acids is 4. The lowest BCUT2D eigenvalue weighted by molar-refractivity contribution is -0.171. The minimum Gasteiger partial charge on any atom is -0.454 e. The van der Waals surface area contributed by atoms with Gasteiger partial charge in [0.2, 0.25) is 0 Å². The Labute approximate surface area is 470 Å². The quantitative estimate of drug-likeness (QED) is 0.0619. The molecule has 0 heterocycles. The Balaban J connectivity index is 0.000000275. The zero-order valence-electron chi connectivity index (χ0n) is 51.4. The second-order valence-corrected chi connectivity index (χ2v) is 24.6. The molecule has 6 aromatic carbocycles. The van der Waals surface area contributed by atoms with E-state index in [1.165, 1.54) is 16.2 Å². The van der Waals surface area contributed by atoms with Gasteiger partial charge < -0.3 is 18.9 Å². The molecule has 0 amide bonds. The lowest BCUT2D eigenvalue weighted by atomic mass is 9.88. The molecular formula is C70H96O8. The highest BCUT2D eigenvalue weighted by Gasteiger charge is 2.38. The lowest BCUT2D eigenvalue weighted by Crippen LogP contribution is -2.35. The number of esters is 4. The molecule has 6 rings (SSSR count). The minimum atomic E-state index is -0.631. The van der Waals surface area contributed by atoms with Crippen molar-refractivity contribution in [3.8, 4) is 0 Å². The van der Waals surface area contributed by atoms with E-state index in [-0.39, 0.29) is 23.9 Å². The first-order valence-corrected chi connectivity index (χ1v) is 28.3. The van der Waals surface area contributed by atoms with Crippen molar-refractivity contribution >= 4 is 45.4 Å². The van der Waals surface area contributed by atoms with Gasteiger partial charge in [0.1, 0.15) is 22.4 Å². The van der Waals surface area contributed by atoms with Gasteiger partial charge in [-0.05, 0) is 191 Å². The van der Waals surface area contributed by atoms with E-state index < -0.39 is 44.1 Å². The fourth-order valence-electron chi connectivity index (χ4n) is 7.50. The molecule has 424 valence electrons. The van der Waals surface area contributed by atoms with Gasteiger partial charge in [0.05, 0.1) is 21.7 Å². The van der Waals surface area contributed by atoms with Crippen LogP contribution in [0.2, 0.25) is 0 Å². The van der Waals surface area contributed by atoms with Crippen LogP contribution < -0.4 is 0 Å². The SMILES string of the molecule is CCC(C)(C)C(=O)OC(C)(C)c1ccc2ccccc2c1.CCC(C)(C)C(=O)OC(C)(C)c1ccccc1.CCC(C)(C)C(=O)OC(C)(CC)c1ccc2ccccc2c1.CCC(C)(C)C(=O)OC(C)(CC)c1ccccc1. The van der Waals surface area contributed by atoms with Crippen molar-refractivity contribution in [2.75, 3.05) is 0 Å². The third-order valence-corrected chi connectivity index (χ3v) is 16.1. The van der Waals surface area contributed by atoms with Crippen LogP contribution in [0, 0.1) is 21.7 Å². The summed E-state index contributed by atoms with van der Waals surface area (Å²) >= 11 is 0. The maximum absolute atomic E-state index is 12.5. The average Bonchev–Trinajstić information content (AvgIpc) is 3.43. The van der Waals surface area contributed by atoms with Crippen LogP contribution >= 0.6 is 0 Å². The number of rotatable bonds is 18. The number of ether oxygens (including phenoxy) is 4. The Morgan fingerprint density at radius 3 is 0.897 bits per heavy atom. The molecule has 0 spiro atoms.